The number of aryl methyl sites for hydroxylation is 2. The van der Waals surface area contributed by atoms with Crippen LogP contribution in [-0.4, -0.2) is 39.5 Å². The van der Waals surface area contributed by atoms with E-state index in [1.54, 1.807) is 24.9 Å². The van der Waals surface area contributed by atoms with Crippen molar-refractivity contribution in [2.45, 2.75) is 19.6 Å². The molecule has 0 fully saturated rings. The second-order valence-electron chi connectivity index (χ2n) is 6.33. The molecule has 0 radical (unpaired) electrons. The Hall–Kier alpha value is -3.20. The predicted molar refractivity (Wildman–Crippen MR) is 94.1 cm³/mol. The van der Waals surface area contributed by atoms with Gasteiger partial charge in [-0.1, -0.05) is 17.3 Å². The van der Waals surface area contributed by atoms with Gasteiger partial charge in [0.25, 0.3) is 11.8 Å². The second-order valence-corrected chi connectivity index (χ2v) is 6.33. The SMILES string of the molecule is COCc1nc(-c2ccc3c(c2)OC[C@H]3NC(=O)c2cc(C)nn2C)no1. The minimum Gasteiger partial charge on any atom is -0.491 e. The lowest BCUT2D eigenvalue weighted by molar-refractivity contribution is 0.0920. The number of carbonyl (C=O) groups excluding carboxylic acids is 1. The summed E-state index contributed by atoms with van der Waals surface area (Å²) in [5.41, 5.74) is 2.99. The van der Waals surface area contributed by atoms with Crippen LogP contribution in [0.4, 0.5) is 0 Å². The van der Waals surface area contributed by atoms with Gasteiger partial charge in [0.05, 0.1) is 11.7 Å². The monoisotopic (exact) mass is 369 g/mol. The van der Waals surface area contributed by atoms with E-state index in [2.05, 4.69) is 20.6 Å². The van der Waals surface area contributed by atoms with Crippen LogP contribution >= 0.6 is 0 Å². The molecule has 1 aromatic carbocycles. The number of ether oxygens (including phenoxy) is 2. The zero-order valence-electron chi connectivity index (χ0n) is 15.2. The van der Waals surface area contributed by atoms with Crippen molar-refractivity contribution in [2.75, 3.05) is 13.7 Å². The molecule has 27 heavy (non-hydrogen) atoms. The normalized spacial score (nSPS) is 15.4. The van der Waals surface area contributed by atoms with E-state index in [1.807, 2.05) is 25.1 Å². The molecule has 0 bridgehead atoms. The van der Waals surface area contributed by atoms with Gasteiger partial charge >= 0.3 is 0 Å². The number of carbonyl (C=O) groups is 1. The van der Waals surface area contributed by atoms with Crippen LogP contribution in [0.1, 0.15) is 33.7 Å². The zero-order chi connectivity index (χ0) is 19.0. The highest BCUT2D eigenvalue weighted by atomic mass is 16.5. The fourth-order valence-electron chi connectivity index (χ4n) is 3.08. The first-order valence-corrected chi connectivity index (χ1v) is 8.45. The van der Waals surface area contributed by atoms with Gasteiger partial charge in [0.1, 0.15) is 24.7 Å². The van der Waals surface area contributed by atoms with Gasteiger partial charge in [-0.15, -0.1) is 0 Å². The van der Waals surface area contributed by atoms with Crippen LogP contribution in [-0.2, 0) is 18.4 Å². The van der Waals surface area contributed by atoms with Crippen LogP contribution in [0.3, 0.4) is 0 Å². The van der Waals surface area contributed by atoms with Gasteiger partial charge < -0.3 is 19.3 Å². The van der Waals surface area contributed by atoms with Crippen LogP contribution in [0, 0.1) is 6.92 Å². The molecule has 1 amide bonds. The number of amides is 1. The third-order valence-electron chi connectivity index (χ3n) is 4.33. The van der Waals surface area contributed by atoms with Crippen molar-refractivity contribution < 1.29 is 18.8 Å². The standard InChI is InChI=1S/C18H19N5O4/c1-10-6-14(23(2)21-10)18(24)19-13-8-26-15-7-11(4-5-12(13)15)17-20-16(9-25-3)27-22-17/h4-7,13H,8-9H2,1-3H3,(H,19,24)/t13-/m1/s1. The van der Waals surface area contributed by atoms with Crippen molar-refractivity contribution in [3.63, 3.8) is 0 Å². The molecule has 1 N–H and O–H groups in total. The molecular weight excluding hydrogens is 350 g/mol. The minimum atomic E-state index is -0.230. The smallest absolute Gasteiger partial charge is 0.270 e. The van der Waals surface area contributed by atoms with Gasteiger partial charge in [-0.2, -0.15) is 10.1 Å². The Balaban J connectivity index is 1.52. The number of fused-ring (bicyclic) bond motifs is 1. The van der Waals surface area contributed by atoms with Crippen LogP contribution in [0.25, 0.3) is 11.4 Å². The lowest BCUT2D eigenvalue weighted by Crippen LogP contribution is -2.30. The highest BCUT2D eigenvalue weighted by Crippen LogP contribution is 2.35. The second kappa shape index (κ2) is 6.84. The maximum Gasteiger partial charge on any atom is 0.270 e. The molecule has 9 heteroatoms. The summed E-state index contributed by atoms with van der Waals surface area (Å²) in [6.07, 6.45) is 0. The van der Waals surface area contributed by atoms with E-state index in [9.17, 15) is 4.79 Å². The van der Waals surface area contributed by atoms with E-state index in [1.165, 1.54) is 0 Å². The van der Waals surface area contributed by atoms with Crippen LogP contribution in [0.15, 0.2) is 28.8 Å². The molecule has 140 valence electrons. The topological polar surface area (TPSA) is 104 Å². The molecule has 1 aliphatic rings. The molecule has 0 saturated carbocycles. The molecule has 0 aliphatic carbocycles. The Kier molecular flexibility index (Phi) is 4.36. The summed E-state index contributed by atoms with van der Waals surface area (Å²) in [5, 5.41) is 11.1. The quantitative estimate of drug-likeness (QED) is 0.731. The first-order valence-electron chi connectivity index (χ1n) is 8.45. The highest BCUT2D eigenvalue weighted by Gasteiger charge is 2.27. The van der Waals surface area contributed by atoms with E-state index in [4.69, 9.17) is 14.0 Å². The lowest BCUT2D eigenvalue weighted by Gasteiger charge is -2.11. The summed E-state index contributed by atoms with van der Waals surface area (Å²) in [5.74, 6) is 1.37. The third kappa shape index (κ3) is 3.28. The van der Waals surface area contributed by atoms with Crippen molar-refractivity contribution in [3.8, 4) is 17.1 Å². The molecule has 9 nitrogen and oxygen atoms in total. The summed E-state index contributed by atoms with van der Waals surface area (Å²) in [6, 6.07) is 7.15. The first-order chi connectivity index (χ1) is 13.0. The Bertz CT molecular complexity index is 994. The molecule has 4 rings (SSSR count). The van der Waals surface area contributed by atoms with Crippen molar-refractivity contribution in [1.29, 1.82) is 0 Å². The zero-order valence-corrected chi connectivity index (χ0v) is 15.2. The molecule has 1 aliphatic heterocycles. The maximum absolute atomic E-state index is 12.5. The Morgan fingerprint density at radius 1 is 1.41 bits per heavy atom. The van der Waals surface area contributed by atoms with Crippen molar-refractivity contribution >= 4 is 5.91 Å². The molecule has 0 saturated heterocycles. The summed E-state index contributed by atoms with van der Waals surface area (Å²) in [4.78, 5) is 16.8. The van der Waals surface area contributed by atoms with Gasteiger partial charge in [-0.3, -0.25) is 9.48 Å². The fraction of sp³-hybridized carbons (Fsp3) is 0.333. The van der Waals surface area contributed by atoms with Crippen molar-refractivity contribution in [3.05, 3.63) is 47.1 Å². The summed E-state index contributed by atoms with van der Waals surface area (Å²) in [7, 11) is 3.31. The van der Waals surface area contributed by atoms with Crippen LogP contribution in [0.5, 0.6) is 5.75 Å². The predicted octanol–water partition coefficient (Wildman–Crippen LogP) is 1.79. The Morgan fingerprint density at radius 3 is 3.00 bits per heavy atom. The summed E-state index contributed by atoms with van der Waals surface area (Å²) in [6.45, 7) is 2.47. The Morgan fingerprint density at radius 2 is 2.26 bits per heavy atom. The van der Waals surface area contributed by atoms with Gasteiger partial charge in [0.15, 0.2) is 0 Å². The third-order valence-corrected chi connectivity index (χ3v) is 4.33. The van der Waals surface area contributed by atoms with E-state index in [-0.39, 0.29) is 18.6 Å². The maximum atomic E-state index is 12.5. The molecule has 1 atom stereocenters. The molecule has 3 heterocycles. The number of nitrogens with zero attached hydrogens (tertiary/aromatic N) is 4. The molecule has 0 unspecified atom stereocenters. The number of nitrogens with one attached hydrogen (secondary N) is 1. The number of aromatic nitrogens is 4. The van der Waals surface area contributed by atoms with Crippen molar-refractivity contribution in [1.82, 2.24) is 25.2 Å². The average Bonchev–Trinajstić information content (AvgIpc) is 3.34. The lowest BCUT2D eigenvalue weighted by atomic mass is 10.1. The van der Waals surface area contributed by atoms with Gasteiger partial charge in [-0.05, 0) is 19.1 Å². The molecular formula is C18H19N5O4. The molecule has 2 aromatic heterocycles. The largest absolute Gasteiger partial charge is 0.491 e. The van der Waals surface area contributed by atoms with Gasteiger partial charge in [0.2, 0.25) is 5.82 Å². The van der Waals surface area contributed by atoms with E-state index >= 15 is 0 Å². The first kappa shape index (κ1) is 17.2. The number of hydrogen-bond acceptors (Lipinski definition) is 7. The number of methoxy groups -OCH3 is 1. The van der Waals surface area contributed by atoms with Crippen LogP contribution in [0.2, 0.25) is 0 Å². The highest BCUT2D eigenvalue weighted by molar-refractivity contribution is 5.93. The number of hydrogen-bond donors (Lipinski definition) is 1. The van der Waals surface area contributed by atoms with Crippen LogP contribution < -0.4 is 10.1 Å². The van der Waals surface area contributed by atoms with E-state index in [0.29, 0.717) is 29.8 Å². The Labute approximate surface area is 155 Å². The summed E-state index contributed by atoms with van der Waals surface area (Å²) < 4.78 is 17.4. The number of rotatable bonds is 5. The molecule has 3 aromatic rings. The number of benzene rings is 1. The fourth-order valence-corrected chi connectivity index (χ4v) is 3.08. The van der Waals surface area contributed by atoms with Gasteiger partial charge in [0, 0.05) is 25.3 Å². The summed E-state index contributed by atoms with van der Waals surface area (Å²) >= 11 is 0. The average molecular weight is 369 g/mol. The molecule has 0 spiro atoms. The minimum absolute atomic E-state index is 0.189. The van der Waals surface area contributed by atoms with Crippen molar-refractivity contribution in [2.24, 2.45) is 7.05 Å². The van der Waals surface area contributed by atoms with E-state index < -0.39 is 0 Å². The van der Waals surface area contributed by atoms with Gasteiger partial charge in [-0.25, -0.2) is 0 Å². The van der Waals surface area contributed by atoms with E-state index in [0.717, 1.165) is 16.8 Å².